The minimum absolute atomic E-state index is 0.0598. The van der Waals surface area contributed by atoms with Gasteiger partial charge in [-0.15, -0.1) is 0 Å². The first kappa shape index (κ1) is 24.8. The second kappa shape index (κ2) is 9.19. The highest BCUT2D eigenvalue weighted by Gasteiger charge is 2.52. The van der Waals surface area contributed by atoms with Crippen LogP contribution in [0.25, 0.3) is 0 Å². The van der Waals surface area contributed by atoms with E-state index in [-0.39, 0.29) is 23.3 Å². The van der Waals surface area contributed by atoms with Crippen molar-refractivity contribution >= 4 is 41.0 Å². The lowest BCUT2D eigenvalue weighted by Crippen LogP contribution is -2.44. The number of urea groups is 1. The van der Waals surface area contributed by atoms with Crippen LogP contribution in [0.15, 0.2) is 42.7 Å². The molecule has 0 saturated carbocycles. The van der Waals surface area contributed by atoms with Crippen molar-refractivity contribution in [3.63, 3.8) is 0 Å². The summed E-state index contributed by atoms with van der Waals surface area (Å²) in [5.41, 5.74) is 2.04. The SMILES string of the molecule is CC1(C)CN(C(=O)CN2CCSCC2)c2cc(N3C(=O)N(Cc4ccncc4)C(C)(C)C3=O)ccc21. The number of hydrogen-bond donors (Lipinski definition) is 0. The van der Waals surface area contributed by atoms with Gasteiger partial charge in [0, 0.05) is 61.2 Å². The molecule has 2 aromatic rings. The Balaban J connectivity index is 1.44. The molecule has 0 spiro atoms. The molecule has 1 aromatic heterocycles. The van der Waals surface area contributed by atoms with Crippen molar-refractivity contribution in [2.24, 2.45) is 0 Å². The highest BCUT2D eigenvalue weighted by Crippen LogP contribution is 2.44. The van der Waals surface area contributed by atoms with Crippen LogP contribution in [-0.2, 0) is 21.5 Å². The van der Waals surface area contributed by atoms with Crippen molar-refractivity contribution in [3.05, 3.63) is 53.9 Å². The Bertz CT molecular complexity index is 1190. The summed E-state index contributed by atoms with van der Waals surface area (Å²) in [6, 6.07) is 8.97. The third-order valence-corrected chi connectivity index (χ3v) is 8.43. The Morgan fingerprint density at radius 1 is 1.03 bits per heavy atom. The Kier molecular flexibility index (Phi) is 6.32. The van der Waals surface area contributed by atoms with Crippen LogP contribution in [0, 0.1) is 0 Å². The Hall–Kier alpha value is -2.91. The zero-order valence-corrected chi connectivity index (χ0v) is 22.2. The number of carbonyl (C=O) groups excluding carboxylic acids is 3. The summed E-state index contributed by atoms with van der Waals surface area (Å²) in [5.74, 6) is 1.88. The number of aromatic nitrogens is 1. The van der Waals surface area contributed by atoms with Crippen LogP contribution in [0.1, 0.15) is 38.8 Å². The minimum atomic E-state index is -1.000. The Morgan fingerprint density at radius 3 is 2.42 bits per heavy atom. The molecule has 2 saturated heterocycles. The van der Waals surface area contributed by atoms with E-state index in [1.807, 2.05) is 47.0 Å². The average Bonchev–Trinajstić information content (AvgIpc) is 3.22. The number of imide groups is 1. The number of anilines is 2. The van der Waals surface area contributed by atoms with Crippen molar-refractivity contribution in [2.45, 2.75) is 45.2 Å². The predicted molar refractivity (Wildman–Crippen MR) is 142 cm³/mol. The number of benzene rings is 1. The summed E-state index contributed by atoms with van der Waals surface area (Å²) in [4.78, 5) is 51.4. The van der Waals surface area contributed by atoms with Crippen molar-refractivity contribution in [3.8, 4) is 0 Å². The molecule has 0 atom stereocenters. The molecule has 4 amide bonds. The van der Waals surface area contributed by atoms with Crippen LogP contribution in [0.4, 0.5) is 16.2 Å². The molecule has 1 aromatic carbocycles. The topological polar surface area (TPSA) is 77.1 Å². The van der Waals surface area contributed by atoms with Gasteiger partial charge < -0.3 is 9.80 Å². The number of rotatable bonds is 5. The molecule has 0 unspecified atom stereocenters. The van der Waals surface area contributed by atoms with Gasteiger partial charge in [0.25, 0.3) is 5.91 Å². The number of pyridine rings is 1. The lowest BCUT2D eigenvalue weighted by molar-refractivity contribution is -0.123. The number of amides is 4. The number of carbonyl (C=O) groups is 3. The van der Waals surface area contributed by atoms with Crippen LogP contribution in [0.3, 0.4) is 0 Å². The van der Waals surface area contributed by atoms with Gasteiger partial charge in [-0.2, -0.15) is 11.8 Å². The van der Waals surface area contributed by atoms with E-state index in [9.17, 15) is 14.4 Å². The number of nitrogens with zero attached hydrogens (tertiary/aromatic N) is 5. The van der Waals surface area contributed by atoms with E-state index in [1.165, 1.54) is 4.90 Å². The molecular formula is C27H33N5O3S. The molecule has 5 rings (SSSR count). The number of thioether (sulfide) groups is 1. The summed E-state index contributed by atoms with van der Waals surface area (Å²) in [5, 5.41) is 0. The number of fused-ring (bicyclic) bond motifs is 1. The van der Waals surface area contributed by atoms with E-state index in [2.05, 4.69) is 23.7 Å². The average molecular weight is 508 g/mol. The first-order valence-corrected chi connectivity index (χ1v) is 13.5. The van der Waals surface area contributed by atoms with Crippen LogP contribution in [-0.4, -0.2) is 75.9 Å². The van der Waals surface area contributed by atoms with E-state index >= 15 is 0 Å². The minimum Gasteiger partial charge on any atom is -0.310 e. The maximum Gasteiger partial charge on any atom is 0.332 e. The van der Waals surface area contributed by atoms with Crippen molar-refractivity contribution in [2.75, 3.05) is 47.5 Å². The standard InChI is InChI=1S/C27H33N5O3S/c1-26(2)18-30(23(33)17-29-11-13-36-14-12-29)22-15-20(5-6-21(22)26)32-24(34)27(3,4)31(25(32)35)16-19-7-9-28-10-8-19/h5-10,15H,11-14,16-18H2,1-4H3. The fourth-order valence-corrected chi connectivity index (χ4v) is 6.26. The summed E-state index contributed by atoms with van der Waals surface area (Å²) in [7, 11) is 0. The fourth-order valence-electron chi connectivity index (χ4n) is 5.28. The highest BCUT2D eigenvalue weighted by molar-refractivity contribution is 7.99. The van der Waals surface area contributed by atoms with Crippen LogP contribution in [0.5, 0.6) is 0 Å². The molecule has 0 aliphatic carbocycles. The van der Waals surface area contributed by atoms with E-state index in [0.717, 1.165) is 41.4 Å². The van der Waals surface area contributed by atoms with E-state index < -0.39 is 5.54 Å². The van der Waals surface area contributed by atoms with Crippen molar-refractivity contribution in [1.29, 1.82) is 0 Å². The molecule has 0 N–H and O–H groups in total. The molecule has 36 heavy (non-hydrogen) atoms. The molecular weight excluding hydrogens is 474 g/mol. The second-order valence-corrected chi connectivity index (χ2v) is 12.1. The Morgan fingerprint density at radius 2 is 1.72 bits per heavy atom. The zero-order valence-electron chi connectivity index (χ0n) is 21.4. The van der Waals surface area contributed by atoms with E-state index in [1.54, 1.807) is 31.1 Å². The monoisotopic (exact) mass is 507 g/mol. The van der Waals surface area contributed by atoms with Gasteiger partial charge in [-0.05, 0) is 49.2 Å². The van der Waals surface area contributed by atoms with Crippen LogP contribution >= 0.6 is 11.8 Å². The maximum absolute atomic E-state index is 13.6. The van der Waals surface area contributed by atoms with Crippen molar-refractivity contribution in [1.82, 2.24) is 14.8 Å². The fraction of sp³-hybridized carbons (Fsp3) is 0.481. The third kappa shape index (κ3) is 4.28. The normalized spacial score (nSPS) is 21.3. The molecule has 190 valence electrons. The summed E-state index contributed by atoms with van der Waals surface area (Å²) >= 11 is 1.92. The van der Waals surface area contributed by atoms with Gasteiger partial charge in [0.2, 0.25) is 5.91 Å². The summed E-state index contributed by atoms with van der Waals surface area (Å²) in [6.07, 6.45) is 3.36. The summed E-state index contributed by atoms with van der Waals surface area (Å²) in [6.45, 7) is 10.9. The Labute approximate surface area is 216 Å². The molecule has 3 aliphatic rings. The van der Waals surface area contributed by atoms with E-state index in [0.29, 0.717) is 25.3 Å². The van der Waals surface area contributed by atoms with Crippen LogP contribution in [0.2, 0.25) is 0 Å². The molecule has 0 bridgehead atoms. The molecule has 4 heterocycles. The van der Waals surface area contributed by atoms with Gasteiger partial charge in [-0.1, -0.05) is 19.9 Å². The van der Waals surface area contributed by atoms with Gasteiger partial charge >= 0.3 is 6.03 Å². The van der Waals surface area contributed by atoms with Crippen molar-refractivity contribution < 1.29 is 14.4 Å². The highest BCUT2D eigenvalue weighted by atomic mass is 32.2. The van der Waals surface area contributed by atoms with Gasteiger partial charge in [0.1, 0.15) is 5.54 Å². The second-order valence-electron chi connectivity index (χ2n) is 10.9. The lowest BCUT2D eigenvalue weighted by atomic mass is 9.87. The molecule has 3 aliphatic heterocycles. The third-order valence-electron chi connectivity index (χ3n) is 7.49. The summed E-state index contributed by atoms with van der Waals surface area (Å²) < 4.78 is 0. The zero-order chi connectivity index (χ0) is 25.7. The van der Waals surface area contributed by atoms with E-state index in [4.69, 9.17) is 0 Å². The molecule has 0 radical (unpaired) electrons. The largest absolute Gasteiger partial charge is 0.332 e. The smallest absolute Gasteiger partial charge is 0.310 e. The first-order chi connectivity index (χ1) is 17.1. The van der Waals surface area contributed by atoms with Gasteiger partial charge in [-0.3, -0.25) is 19.5 Å². The quantitative estimate of drug-likeness (QED) is 0.577. The van der Waals surface area contributed by atoms with Gasteiger partial charge in [-0.25, -0.2) is 9.69 Å². The molecule has 2 fully saturated rings. The van der Waals surface area contributed by atoms with Gasteiger partial charge in [0.15, 0.2) is 0 Å². The number of hydrogen-bond acceptors (Lipinski definition) is 6. The predicted octanol–water partition coefficient (Wildman–Crippen LogP) is 3.50. The molecule has 8 nitrogen and oxygen atoms in total. The van der Waals surface area contributed by atoms with Crippen LogP contribution < -0.4 is 9.80 Å². The lowest BCUT2D eigenvalue weighted by Gasteiger charge is -2.28. The molecule has 9 heteroatoms. The first-order valence-electron chi connectivity index (χ1n) is 12.4. The maximum atomic E-state index is 13.6. The van der Waals surface area contributed by atoms with Gasteiger partial charge in [0.05, 0.1) is 12.2 Å².